The van der Waals surface area contributed by atoms with E-state index in [0.29, 0.717) is 41.7 Å². The van der Waals surface area contributed by atoms with Crippen LogP contribution in [0.1, 0.15) is 25.5 Å². The molecule has 0 bridgehead atoms. The summed E-state index contributed by atoms with van der Waals surface area (Å²) < 4.78 is 19.7. The van der Waals surface area contributed by atoms with Crippen molar-refractivity contribution in [1.82, 2.24) is 4.98 Å². The van der Waals surface area contributed by atoms with Gasteiger partial charge in [-0.3, -0.25) is 14.5 Å². The van der Waals surface area contributed by atoms with Crippen LogP contribution in [0.15, 0.2) is 60.0 Å². The molecule has 0 saturated carbocycles. The number of aromatic nitrogens is 1. The van der Waals surface area contributed by atoms with Crippen molar-refractivity contribution in [2.45, 2.75) is 19.8 Å². The monoisotopic (exact) mass is 464 g/mol. The molecule has 7 nitrogen and oxygen atoms in total. The van der Waals surface area contributed by atoms with E-state index < -0.39 is 5.82 Å². The third kappa shape index (κ3) is 6.72. The first-order valence-electron chi connectivity index (χ1n) is 10.1. The molecule has 0 aliphatic rings. The minimum absolute atomic E-state index is 0.113. The van der Waals surface area contributed by atoms with Gasteiger partial charge in [0, 0.05) is 36.6 Å². The lowest BCUT2D eigenvalue weighted by Gasteiger charge is -2.18. The molecular weight excluding hydrogens is 443 g/mol. The van der Waals surface area contributed by atoms with Crippen molar-refractivity contribution in [3.05, 3.63) is 71.5 Å². The van der Waals surface area contributed by atoms with Gasteiger partial charge in [0.15, 0.2) is 5.13 Å². The highest BCUT2D eigenvalue weighted by Gasteiger charge is 2.20. The average Bonchev–Trinajstić information content (AvgIpc) is 3.25. The number of anilines is 3. The zero-order chi connectivity index (χ0) is 23.6. The van der Waals surface area contributed by atoms with Crippen molar-refractivity contribution < 1.29 is 18.7 Å². The van der Waals surface area contributed by atoms with Gasteiger partial charge in [0.25, 0.3) is 0 Å². The maximum atomic E-state index is 14.2. The normalized spacial score (nSPS) is 10.6. The Labute approximate surface area is 194 Å². The van der Waals surface area contributed by atoms with Gasteiger partial charge in [0.05, 0.1) is 24.1 Å². The lowest BCUT2D eigenvalue weighted by atomic mass is 10.3. The van der Waals surface area contributed by atoms with E-state index in [1.165, 1.54) is 47.4 Å². The Morgan fingerprint density at radius 2 is 2.09 bits per heavy atom. The molecule has 0 radical (unpaired) electrons. The number of amides is 2. The first-order valence-corrected chi connectivity index (χ1v) is 11.0. The number of rotatable bonds is 9. The number of carbonyl (C=O) groups is 2. The van der Waals surface area contributed by atoms with Gasteiger partial charge in [-0.1, -0.05) is 18.2 Å². The number of thiazole rings is 1. The van der Waals surface area contributed by atoms with Crippen LogP contribution in [0, 0.1) is 17.1 Å². The lowest BCUT2D eigenvalue weighted by molar-refractivity contribution is -0.116. The second-order valence-corrected chi connectivity index (χ2v) is 7.66. The van der Waals surface area contributed by atoms with Gasteiger partial charge < -0.3 is 10.1 Å². The Morgan fingerprint density at radius 1 is 1.27 bits per heavy atom. The lowest BCUT2D eigenvalue weighted by Crippen LogP contribution is -2.23. The molecular formula is C24H21FN4O3S. The smallest absolute Gasteiger partial charge is 0.248 e. The molecule has 1 heterocycles. The summed E-state index contributed by atoms with van der Waals surface area (Å²) in [5.41, 5.74) is 1.13. The summed E-state index contributed by atoms with van der Waals surface area (Å²) in [7, 11) is 0. The Balaban J connectivity index is 1.64. The molecule has 3 rings (SSSR count). The van der Waals surface area contributed by atoms with Crippen molar-refractivity contribution in [3.63, 3.8) is 0 Å². The summed E-state index contributed by atoms with van der Waals surface area (Å²) >= 11 is 1.17. The van der Waals surface area contributed by atoms with Crippen LogP contribution in [0.5, 0.6) is 5.75 Å². The molecule has 3 aromatic rings. The molecule has 2 amide bonds. The maximum Gasteiger partial charge on any atom is 0.248 e. The predicted molar refractivity (Wildman–Crippen MR) is 126 cm³/mol. The maximum absolute atomic E-state index is 14.2. The zero-order valence-corrected chi connectivity index (χ0v) is 18.6. The quantitative estimate of drug-likeness (QED) is 0.342. The van der Waals surface area contributed by atoms with Gasteiger partial charge in [0.1, 0.15) is 11.6 Å². The number of hydrogen-bond donors (Lipinski definition) is 1. The van der Waals surface area contributed by atoms with Gasteiger partial charge >= 0.3 is 0 Å². The molecule has 0 atom stereocenters. The van der Waals surface area contributed by atoms with Crippen LogP contribution in [0.4, 0.5) is 20.9 Å². The van der Waals surface area contributed by atoms with E-state index in [4.69, 9.17) is 10.00 Å². The van der Waals surface area contributed by atoms with E-state index in [1.807, 2.05) is 0 Å². The van der Waals surface area contributed by atoms with E-state index in [2.05, 4.69) is 16.4 Å². The molecule has 168 valence electrons. The van der Waals surface area contributed by atoms with Crippen molar-refractivity contribution in [1.29, 1.82) is 5.26 Å². The molecule has 9 heteroatoms. The van der Waals surface area contributed by atoms with Gasteiger partial charge in [0.2, 0.25) is 11.8 Å². The van der Waals surface area contributed by atoms with Gasteiger partial charge in [-0.15, -0.1) is 11.3 Å². The number of nitrogens with one attached hydrogen (secondary N) is 1. The number of unbranched alkanes of at least 4 members (excludes halogenated alkanes) is 1. The SMILES string of the molecule is CC(=O)N(c1nc(/C=C/C(=O)Nc2cccc(OCCCC#N)c2)cs1)c1ccccc1F. The standard InChI is InChI=1S/C24H21FN4O3S/c1-17(30)29(22-10-3-2-9-21(22)25)24-28-19(16-33-24)11-12-23(31)27-18-7-6-8-20(15-18)32-14-5-4-13-26/h2-3,6-12,15-16H,4-5,14H2,1H3,(H,27,31)/b12-11+. The van der Waals surface area contributed by atoms with Crippen molar-refractivity contribution >= 4 is 45.7 Å². The minimum Gasteiger partial charge on any atom is -0.493 e. The Hall–Kier alpha value is -4.03. The summed E-state index contributed by atoms with van der Waals surface area (Å²) in [6.45, 7) is 1.75. The molecule has 0 aliphatic heterocycles. The fourth-order valence-electron chi connectivity index (χ4n) is 2.85. The molecule has 0 spiro atoms. The van der Waals surface area contributed by atoms with E-state index in [0.717, 1.165) is 0 Å². The third-order valence-electron chi connectivity index (χ3n) is 4.32. The average molecular weight is 465 g/mol. The first kappa shape index (κ1) is 23.6. The number of benzene rings is 2. The van der Waals surface area contributed by atoms with E-state index in [1.54, 1.807) is 41.8 Å². The van der Waals surface area contributed by atoms with Crippen LogP contribution in [0.2, 0.25) is 0 Å². The minimum atomic E-state index is -0.532. The number of carbonyl (C=O) groups excluding carboxylic acids is 2. The zero-order valence-electron chi connectivity index (χ0n) is 17.8. The molecule has 33 heavy (non-hydrogen) atoms. The number of para-hydroxylation sites is 1. The van der Waals surface area contributed by atoms with E-state index in [9.17, 15) is 14.0 Å². The van der Waals surface area contributed by atoms with Gasteiger partial charge in [-0.05, 0) is 36.8 Å². The Kier molecular flexibility index (Phi) is 8.27. The van der Waals surface area contributed by atoms with Crippen molar-refractivity contribution in [3.8, 4) is 11.8 Å². The fourth-order valence-corrected chi connectivity index (χ4v) is 3.69. The Morgan fingerprint density at radius 3 is 2.85 bits per heavy atom. The summed E-state index contributed by atoms with van der Waals surface area (Å²) in [5, 5.41) is 13.3. The van der Waals surface area contributed by atoms with Gasteiger partial charge in [-0.25, -0.2) is 9.37 Å². The molecule has 0 unspecified atom stereocenters. The molecule has 1 aromatic heterocycles. The highest BCUT2D eigenvalue weighted by Crippen LogP contribution is 2.31. The van der Waals surface area contributed by atoms with Crippen LogP contribution in [0.3, 0.4) is 0 Å². The number of nitriles is 1. The summed E-state index contributed by atoms with van der Waals surface area (Å²) in [6.07, 6.45) is 3.88. The third-order valence-corrected chi connectivity index (χ3v) is 5.16. The first-order chi connectivity index (χ1) is 16.0. The predicted octanol–water partition coefficient (Wildman–Crippen LogP) is 5.30. The van der Waals surface area contributed by atoms with Crippen LogP contribution in [-0.2, 0) is 9.59 Å². The number of halogens is 1. The summed E-state index contributed by atoms with van der Waals surface area (Å²) in [6, 6.07) is 15.0. The van der Waals surface area contributed by atoms with Crippen molar-refractivity contribution in [2.24, 2.45) is 0 Å². The van der Waals surface area contributed by atoms with Crippen molar-refractivity contribution in [2.75, 3.05) is 16.8 Å². The highest BCUT2D eigenvalue weighted by atomic mass is 32.1. The second-order valence-electron chi connectivity index (χ2n) is 6.82. The fraction of sp³-hybridized carbons (Fsp3) is 0.167. The van der Waals surface area contributed by atoms with Crippen LogP contribution in [-0.4, -0.2) is 23.4 Å². The summed E-state index contributed by atoms with van der Waals surface area (Å²) in [4.78, 5) is 30.0. The van der Waals surface area contributed by atoms with Crippen LogP contribution in [0.25, 0.3) is 6.08 Å². The number of ether oxygens (including phenoxy) is 1. The second kappa shape index (κ2) is 11.5. The van der Waals surface area contributed by atoms with Crippen LogP contribution < -0.4 is 15.0 Å². The summed E-state index contributed by atoms with van der Waals surface area (Å²) in [5.74, 6) is -0.687. The van der Waals surface area contributed by atoms with Crippen LogP contribution >= 0.6 is 11.3 Å². The largest absolute Gasteiger partial charge is 0.493 e. The molecule has 1 N–H and O–H groups in total. The molecule has 0 aliphatic carbocycles. The van der Waals surface area contributed by atoms with E-state index in [-0.39, 0.29) is 17.5 Å². The number of hydrogen-bond acceptors (Lipinski definition) is 6. The molecule has 2 aromatic carbocycles. The molecule has 0 saturated heterocycles. The van der Waals surface area contributed by atoms with E-state index >= 15 is 0 Å². The highest BCUT2D eigenvalue weighted by molar-refractivity contribution is 7.14. The Bertz CT molecular complexity index is 1200. The molecule has 0 fully saturated rings. The van der Waals surface area contributed by atoms with Gasteiger partial charge in [-0.2, -0.15) is 5.26 Å². The topological polar surface area (TPSA) is 95.3 Å². The number of nitrogens with zero attached hydrogens (tertiary/aromatic N) is 3.